The number of piperazine rings is 1. The van der Waals surface area contributed by atoms with Gasteiger partial charge in [-0.3, -0.25) is 9.48 Å². The number of aromatic nitrogens is 2. The van der Waals surface area contributed by atoms with Crippen LogP contribution in [0.2, 0.25) is 0 Å². The molecule has 3 heterocycles. The number of carbonyl (C=O) groups is 2. The van der Waals surface area contributed by atoms with E-state index < -0.39 is 0 Å². The zero-order valence-electron chi connectivity index (χ0n) is 13.9. The molecular weight excluding hydrogens is 294 g/mol. The average molecular weight is 319 g/mol. The Morgan fingerprint density at radius 2 is 1.78 bits per heavy atom. The van der Waals surface area contributed by atoms with Crippen LogP contribution in [0.1, 0.15) is 42.7 Å². The lowest BCUT2D eigenvalue weighted by molar-refractivity contribution is 0.0662. The Labute approximate surface area is 136 Å². The van der Waals surface area contributed by atoms with Crippen LogP contribution in [0, 0.1) is 0 Å². The lowest BCUT2D eigenvalue weighted by Crippen LogP contribution is -2.54. The van der Waals surface area contributed by atoms with Gasteiger partial charge in [0.2, 0.25) is 0 Å². The minimum Gasteiger partial charge on any atom is -0.336 e. The van der Waals surface area contributed by atoms with E-state index in [2.05, 4.69) is 10.4 Å². The lowest BCUT2D eigenvalue weighted by atomic mass is 10.1. The quantitative estimate of drug-likeness (QED) is 0.887. The monoisotopic (exact) mass is 319 g/mol. The fourth-order valence-electron chi connectivity index (χ4n) is 3.22. The Morgan fingerprint density at radius 3 is 2.48 bits per heavy atom. The first-order valence-electron chi connectivity index (χ1n) is 8.45. The first-order chi connectivity index (χ1) is 11.1. The molecule has 1 aromatic rings. The van der Waals surface area contributed by atoms with Crippen molar-refractivity contribution >= 4 is 11.9 Å². The number of aryl methyl sites for hydroxylation is 1. The van der Waals surface area contributed by atoms with E-state index in [4.69, 9.17) is 0 Å². The van der Waals surface area contributed by atoms with Crippen LogP contribution in [0.4, 0.5) is 4.79 Å². The van der Waals surface area contributed by atoms with Gasteiger partial charge in [-0.05, 0) is 33.1 Å². The Hall–Kier alpha value is -2.05. The second-order valence-electron chi connectivity index (χ2n) is 6.57. The summed E-state index contributed by atoms with van der Waals surface area (Å²) >= 11 is 0. The lowest BCUT2D eigenvalue weighted by Gasteiger charge is -2.35. The Kier molecular flexibility index (Phi) is 4.54. The highest BCUT2D eigenvalue weighted by Gasteiger charge is 2.28. The topological polar surface area (TPSA) is 70.5 Å². The van der Waals surface area contributed by atoms with Crippen LogP contribution in [0.15, 0.2) is 6.20 Å². The normalized spacial score (nSPS) is 18.0. The summed E-state index contributed by atoms with van der Waals surface area (Å²) in [6, 6.07) is 0.0797. The summed E-state index contributed by atoms with van der Waals surface area (Å²) in [6.07, 6.45) is 4.89. The van der Waals surface area contributed by atoms with E-state index in [0.29, 0.717) is 26.2 Å². The molecule has 2 aliphatic rings. The third kappa shape index (κ3) is 3.33. The Bertz CT molecular complexity index is 587. The van der Waals surface area contributed by atoms with Crippen molar-refractivity contribution in [3.05, 3.63) is 17.5 Å². The summed E-state index contributed by atoms with van der Waals surface area (Å²) < 4.78 is 1.96. The van der Waals surface area contributed by atoms with E-state index in [1.807, 2.05) is 23.4 Å². The number of fused-ring (bicyclic) bond motifs is 1. The Morgan fingerprint density at radius 1 is 1.09 bits per heavy atom. The number of urea groups is 1. The molecule has 0 aliphatic carbocycles. The zero-order valence-corrected chi connectivity index (χ0v) is 13.9. The summed E-state index contributed by atoms with van der Waals surface area (Å²) in [5, 5.41) is 7.24. The number of carbonyl (C=O) groups excluding carboxylic acids is 2. The molecule has 0 aromatic carbocycles. The number of nitrogens with one attached hydrogen (secondary N) is 1. The van der Waals surface area contributed by atoms with Gasteiger partial charge in [0.25, 0.3) is 5.91 Å². The molecule has 126 valence electrons. The fourth-order valence-corrected chi connectivity index (χ4v) is 3.22. The van der Waals surface area contributed by atoms with Crippen molar-refractivity contribution < 1.29 is 9.59 Å². The molecule has 1 N–H and O–H groups in total. The van der Waals surface area contributed by atoms with Crippen LogP contribution in [-0.4, -0.2) is 63.7 Å². The van der Waals surface area contributed by atoms with E-state index >= 15 is 0 Å². The summed E-state index contributed by atoms with van der Waals surface area (Å²) in [5.74, 6) is 0.0528. The molecule has 1 aromatic heterocycles. The van der Waals surface area contributed by atoms with Crippen molar-refractivity contribution in [3.63, 3.8) is 0 Å². The minimum atomic E-state index is -0.0463. The van der Waals surface area contributed by atoms with Crippen molar-refractivity contribution in [3.8, 4) is 0 Å². The second kappa shape index (κ2) is 6.60. The molecule has 7 nitrogen and oxygen atoms in total. The van der Waals surface area contributed by atoms with E-state index in [1.54, 1.807) is 11.1 Å². The zero-order chi connectivity index (χ0) is 16.4. The van der Waals surface area contributed by atoms with Gasteiger partial charge in [-0.25, -0.2) is 4.79 Å². The average Bonchev–Trinajstić information content (AvgIpc) is 2.97. The van der Waals surface area contributed by atoms with Crippen molar-refractivity contribution in [1.29, 1.82) is 0 Å². The van der Waals surface area contributed by atoms with Crippen LogP contribution < -0.4 is 5.32 Å². The molecule has 1 saturated heterocycles. The van der Waals surface area contributed by atoms with Crippen molar-refractivity contribution in [2.24, 2.45) is 0 Å². The molecule has 0 spiro atoms. The smallest absolute Gasteiger partial charge is 0.317 e. The first-order valence-corrected chi connectivity index (χ1v) is 8.45. The van der Waals surface area contributed by atoms with Crippen LogP contribution >= 0.6 is 0 Å². The third-order valence-electron chi connectivity index (χ3n) is 4.48. The summed E-state index contributed by atoms with van der Waals surface area (Å²) in [6.45, 7) is 7.11. The molecule has 7 heteroatoms. The highest BCUT2D eigenvalue weighted by Crippen LogP contribution is 2.20. The molecule has 2 aliphatic heterocycles. The predicted octanol–water partition coefficient (Wildman–Crippen LogP) is 1.10. The molecule has 0 bridgehead atoms. The van der Waals surface area contributed by atoms with Gasteiger partial charge in [-0.15, -0.1) is 0 Å². The number of nitrogens with zero attached hydrogens (tertiary/aromatic N) is 4. The van der Waals surface area contributed by atoms with E-state index in [1.165, 1.54) is 0 Å². The highest BCUT2D eigenvalue weighted by atomic mass is 16.2. The number of hydrogen-bond donors (Lipinski definition) is 1. The molecule has 3 amide bonds. The number of amides is 3. The second-order valence-corrected chi connectivity index (χ2v) is 6.57. The van der Waals surface area contributed by atoms with Gasteiger partial charge in [0, 0.05) is 38.8 Å². The van der Waals surface area contributed by atoms with E-state index in [0.717, 1.165) is 37.1 Å². The maximum Gasteiger partial charge on any atom is 0.317 e. The van der Waals surface area contributed by atoms with Gasteiger partial charge in [0.15, 0.2) is 0 Å². The molecule has 0 radical (unpaired) electrons. The van der Waals surface area contributed by atoms with Gasteiger partial charge in [-0.2, -0.15) is 5.10 Å². The molecular formula is C16H25N5O2. The van der Waals surface area contributed by atoms with Crippen LogP contribution in [0.3, 0.4) is 0 Å². The molecule has 0 atom stereocenters. The highest BCUT2D eigenvalue weighted by molar-refractivity contribution is 5.95. The van der Waals surface area contributed by atoms with Crippen LogP contribution in [0.5, 0.6) is 0 Å². The van der Waals surface area contributed by atoms with Gasteiger partial charge in [0.05, 0.1) is 17.5 Å². The molecule has 3 rings (SSSR count). The number of hydrogen-bond acceptors (Lipinski definition) is 3. The standard InChI is InChI=1S/C16H25N5O2/c1-12(2)18-16(23)20-9-7-19(8-10-20)15(22)13-11-17-21-6-4-3-5-14(13)21/h11-12H,3-10H2,1-2H3,(H,18,23). The van der Waals surface area contributed by atoms with Gasteiger partial charge >= 0.3 is 6.03 Å². The van der Waals surface area contributed by atoms with E-state index in [-0.39, 0.29) is 18.0 Å². The van der Waals surface area contributed by atoms with Crippen molar-refractivity contribution in [2.45, 2.75) is 45.7 Å². The fraction of sp³-hybridized carbons (Fsp3) is 0.688. The summed E-state index contributed by atoms with van der Waals surface area (Å²) in [4.78, 5) is 28.4. The van der Waals surface area contributed by atoms with Gasteiger partial charge < -0.3 is 15.1 Å². The Balaban J connectivity index is 1.60. The molecule has 0 unspecified atom stereocenters. The van der Waals surface area contributed by atoms with Crippen LogP contribution in [0.25, 0.3) is 0 Å². The molecule has 1 fully saturated rings. The predicted molar refractivity (Wildman–Crippen MR) is 86.3 cm³/mol. The largest absolute Gasteiger partial charge is 0.336 e. The first kappa shape index (κ1) is 15.8. The van der Waals surface area contributed by atoms with E-state index in [9.17, 15) is 9.59 Å². The van der Waals surface area contributed by atoms with Gasteiger partial charge in [0.1, 0.15) is 0 Å². The van der Waals surface area contributed by atoms with Gasteiger partial charge in [-0.1, -0.05) is 0 Å². The summed E-state index contributed by atoms with van der Waals surface area (Å²) in [7, 11) is 0. The minimum absolute atomic E-state index is 0.0463. The van der Waals surface area contributed by atoms with Crippen molar-refractivity contribution in [1.82, 2.24) is 24.9 Å². The maximum absolute atomic E-state index is 12.7. The maximum atomic E-state index is 12.7. The van der Waals surface area contributed by atoms with Crippen LogP contribution in [-0.2, 0) is 13.0 Å². The third-order valence-corrected chi connectivity index (χ3v) is 4.48. The molecule has 23 heavy (non-hydrogen) atoms. The van der Waals surface area contributed by atoms with Crippen molar-refractivity contribution in [2.75, 3.05) is 26.2 Å². The molecule has 0 saturated carbocycles. The number of rotatable bonds is 2. The SMILES string of the molecule is CC(C)NC(=O)N1CCN(C(=O)c2cnn3c2CCCC3)CC1. The summed E-state index contributed by atoms with van der Waals surface area (Å²) in [5.41, 5.74) is 1.81.